The molecule has 0 unspecified atom stereocenters. The zero-order valence-electron chi connectivity index (χ0n) is 15.3. The number of ether oxygens (including phenoxy) is 2. The van der Waals surface area contributed by atoms with E-state index in [-0.39, 0.29) is 54.1 Å². The van der Waals surface area contributed by atoms with Gasteiger partial charge in [-0.15, -0.1) is 0 Å². The lowest BCUT2D eigenvalue weighted by atomic mass is 10.1. The van der Waals surface area contributed by atoms with Gasteiger partial charge in [-0.1, -0.05) is 6.07 Å². The second-order valence-corrected chi connectivity index (χ2v) is 6.19. The van der Waals surface area contributed by atoms with Crippen LogP contribution in [-0.4, -0.2) is 48.1 Å². The Morgan fingerprint density at radius 3 is 2.34 bits per heavy atom. The summed E-state index contributed by atoms with van der Waals surface area (Å²) in [6, 6.07) is 8.41. The van der Waals surface area contributed by atoms with Crippen LogP contribution in [0.1, 0.15) is 27.1 Å². The summed E-state index contributed by atoms with van der Waals surface area (Å²) in [5.41, 5.74) is -0.173. The summed E-state index contributed by atoms with van der Waals surface area (Å²) in [6.45, 7) is 1.05. The molecule has 0 saturated heterocycles. The Balaban J connectivity index is 1.53. The van der Waals surface area contributed by atoms with Gasteiger partial charge in [0.1, 0.15) is 24.5 Å². The minimum atomic E-state index is -0.650. The summed E-state index contributed by atoms with van der Waals surface area (Å²) >= 11 is 0. The van der Waals surface area contributed by atoms with Crippen molar-refractivity contribution in [2.24, 2.45) is 0 Å². The molecule has 2 amide bonds. The van der Waals surface area contributed by atoms with Crippen LogP contribution in [0.15, 0.2) is 36.4 Å². The maximum atomic E-state index is 12.4. The van der Waals surface area contributed by atoms with Crippen LogP contribution in [0, 0.1) is 10.1 Å². The van der Waals surface area contributed by atoms with Gasteiger partial charge in [-0.05, 0) is 24.6 Å². The van der Waals surface area contributed by atoms with E-state index in [2.05, 4.69) is 10.6 Å². The second kappa shape index (κ2) is 8.91. The quantitative estimate of drug-likeness (QED) is 0.364. The zero-order valence-corrected chi connectivity index (χ0v) is 15.3. The number of nitro groups is 1. The smallest absolute Gasteiger partial charge is 0.286 e. The van der Waals surface area contributed by atoms with E-state index < -0.39 is 10.8 Å². The van der Waals surface area contributed by atoms with Gasteiger partial charge >= 0.3 is 0 Å². The molecule has 0 radical (unpaired) electrons. The molecule has 0 fully saturated rings. The van der Waals surface area contributed by atoms with Crippen LogP contribution in [0.3, 0.4) is 0 Å². The van der Waals surface area contributed by atoms with E-state index in [1.807, 2.05) is 0 Å². The van der Waals surface area contributed by atoms with E-state index in [0.29, 0.717) is 18.6 Å². The summed E-state index contributed by atoms with van der Waals surface area (Å²) in [5.74, 6) is -0.465. The van der Waals surface area contributed by atoms with Crippen LogP contribution in [-0.2, 0) is 0 Å². The lowest BCUT2D eigenvalue weighted by Gasteiger charge is -2.18. The molecule has 10 nitrogen and oxygen atoms in total. The number of benzene rings is 2. The molecule has 0 aromatic heterocycles. The molecule has 3 rings (SSSR count). The fourth-order valence-corrected chi connectivity index (χ4v) is 2.75. The van der Waals surface area contributed by atoms with Gasteiger partial charge in [-0.25, -0.2) is 0 Å². The Hall–Kier alpha value is -3.82. The molecule has 0 atom stereocenters. The molecule has 0 bridgehead atoms. The number of carbonyl (C=O) groups excluding carboxylic acids is 2. The van der Waals surface area contributed by atoms with Crippen molar-refractivity contribution in [3.8, 4) is 17.2 Å². The molecule has 1 heterocycles. The fraction of sp³-hybridized carbons (Fsp3) is 0.263. The number of nitro benzene ring substituents is 1. The van der Waals surface area contributed by atoms with E-state index in [1.165, 1.54) is 24.3 Å². The van der Waals surface area contributed by atoms with E-state index in [9.17, 15) is 24.8 Å². The maximum absolute atomic E-state index is 12.4. The maximum Gasteiger partial charge on any atom is 0.286 e. The third-order valence-electron chi connectivity index (χ3n) is 4.13. The van der Waals surface area contributed by atoms with E-state index >= 15 is 0 Å². The van der Waals surface area contributed by atoms with Crippen LogP contribution in [0.25, 0.3) is 0 Å². The molecule has 0 saturated carbocycles. The third kappa shape index (κ3) is 4.92. The van der Waals surface area contributed by atoms with Gasteiger partial charge in [0.15, 0.2) is 11.5 Å². The lowest BCUT2D eigenvalue weighted by molar-refractivity contribution is -0.385. The molecule has 1 aliphatic rings. The number of hydrogen-bond acceptors (Lipinski definition) is 7. The van der Waals surface area contributed by atoms with Crippen molar-refractivity contribution in [1.82, 2.24) is 10.6 Å². The Kier molecular flexibility index (Phi) is 6.12. The monoisotopic (exact) mass is 401 g/mol. The Morgan fingerprint density at radius 1 is 1.03 bits per heavy atom. The minimum Gasteiger partial charge on any atom is -0.508 e. The van der Waals surface area contributed by atoms with Crippen molar-refractivity contribution in [2.45, 2.75) is 6.42 Å². The highest BCUT2D eigenvalue weighted by molar-refractivity contribution is 5.99. The number of aromatic hydroxyl groups is 1. The van der Waals surface area contributed by atoms with Crippen molar-refractivity contribution in [3.05, 3.63) is 57.6 Å². The van der Waals surface area contributed by atoms with Gasteiger partial charge in [0.25, 0.3) is 17.5 Å². The first kappa shape index (κ1) is 19.9. The average Bonchev–Trinajstić information content (AvgIpc) is 2.72. The molecule has 2 aromatic rings. The topological polar surface area (TPSA) is 140 Å². The summed E-state index contributed by atoms with van der Waals surface area (Å²) in [5, 5.41) is 25.9. The van der Waals surface area contributed by atoms with Crippen molar-refractivity contribution >= 4 is 17.5 Å². The van der Waals surface area contributed by atoms with Crippen molar-refractivity contribution < 1.29 is 29.1 Å². The van der Waals surface area contributed by atoms with E-state index in [0.717, 1.165) is 0 Å². The second-order valence-electron chi connectivity index (χ2n) is 6.19. The predicted molar refractivity (Wildman–Crippen MR) is 101 cm³/mol. The largest absolute Gasteiger partial charge is 0.508 e. The molecule has 29 heavy (non-hydrogen) atoms. The third-order valence-corrected chi connectivity index (χ3v) is 4.13. The SMILES string of the molecule is O=C(NCCCNC(=O)c1cc2c(cc1[N+](=O)[O-])OCCO2)c1cccc(O)c1. The number of nitrogens with one attached hydrogen (secondary N) is 2. The molecule has 152 valence electrons. The van der Waals surface area contributed by atoms with Crippen LogP contribution in [0.4, 0.5) is 5.69 Å². The van der Waals surface area contributed by atoms with Crippen LogP contribution < -0.4 is 20.1 Å². The molecule has 2 aromatic carbocycles. The van der Waals surface area contributed by atoms with Crippen molar-refractivity contribution in [1.29, 1.82) is 0 Å². The highest BCUT2D eigenvalue weighted by atomic mass is 16.6. The first-order valence-corrected chi connectivity index (χ1v) is 8.89. The van der Waals surface area contributed by atoms with Crippen LogP contribution >= 0.6 is 0 Å². The van der Waals surface area contributed by atoms with Crippen molar-refractivity contribution in [2.75, 3.05) is 26.3 Å². The Morgan fingerprint density at radius 2 is 1.69 bits per heavy atom. The normalized spacial score (nSPS) is 12.1. The highest BCUT2D eigenvalue weighted by Gasteiger charge is 2.26. The van der Waals surface area contributed by atoms with Gasteiger partial charge in [-0.2, -0.15) is 0 Å². The Bertz CT molecular complexity index is 945. The molecule has 10 heteroatoms. The van der Waals surface area contributed by atoms with Gasteiger partial charge in [0.05, 0.1) is 11.0 Å². The molecule has 0 aliphatic carbocycles. The average molecular weight is 401 g/mol. The van der Waals surface area contributed by atoms with Crippen LogP contribution in [0.2, 0.25) is 0 Å². The standard InChI is InChI=1S/C19H19N3O7/c23-13-4-1-3-12(9-13)18(24)20-5-2-6-21-19(25)14-10-16-17(29-8-7-28-16)11-15(14)22(26)27/h1,3-4,9-11,23H,2,5-8H2,(H,20,24)(H,21,25). The van der Waals surface area contributed by atoms with Gasteiger partial charge in [0.2, 0.25) is 0 Å². The number of hydrogen-bond donors (Lipinski definition) is 3. The van der Waals surface area contributed by atoms with Gasteiger partial charge in [0, 0.05) is 24.7 Å². The number of phenolic OH excluding ortho intramolecular Hbond substituents is 1. The number of rotatable bonds is 7. The number of nitrogens with zero attached hydrogens (tertiary/aromatic N) is 1. The number of carbonyl (C=O) groups is 2. The first-order chi connectivity index (χ1) is 14.0. The number of amides is 2. The molecule has 3 N–H and O–H groups in total. The van der Waals surface area contributed by atoms with Crippen LogP contribution in [0.5, 0.6) is 17.2 Å². The van der Waals surface area contributed by atoms with E-state index in [4.69, 9.17) is 9.47 Å². The van der Waals surface area contributed by atoms with Crippen molar-refractivity contribution in [3.63, 3.8) is 0 Å². The fourth-order valence-electron chi connectivity index (χ4n) is 2.75. The molecular weight excluding hydrogens is 382 g/mol. The summed E-state index contributed by atoms with van der Waals surface area (Å²) < 4.78 is 10.7. The molecule has 0 spiro atoms. The summed E-state index contributed by atoms with van der Waals surface area (Å²) in [4.78, 5) is 35.0. The minimum absolute atomic E-state index is 0.00839. The number of fused-ring (bicyclic) bond motifs is 1. The first-order valence-electron chi connectivity index (χ1n) is 8.89. The van der Waals surface area contributed by atoms with E-state index in [1.54, 1.807) is 12.1 Å². The lowest BCUT2D eigenvalue weighted by Crippen LogP contribution is -2.30. The Labute approximate surface area is 165 Å². The predicted octanol–water partition coefficient (Wildman–Crippen LogP) is 1.62. The number of phenols is 1. The summed E-state index contributed by atoms with van der Waals surface area (Å²) in [6.07, 6.45) is 0.411. The van der Waals surface area contributed by atoms with Gasteiger partial charge < -0.3 is 25.2 Å². The zero-order chi connectivity index (χ0) is 20.8. The molecule has 1 aliphatic heterocycles. The van der Waals surface area contributed by atoms with Gasteiger partial charge in [-0.3, -0.25) is 19.7 Å². The molecular formula is C19H19N3O7. The summed E-state index contributed by atoms with van der Waals surface area (Å²) in [7, 11) is 0. The highest BCUT2D eigenvalue weighted by Crippen LogP contribution is 2.36.